The Hall–Kier alpha value is -3.17. The van der Waals surface area contributed by atoms with E-state index >= 15 is 0 Å². The minimum absolute atomic E-state index is 0.0180. The average Bonchev–Trinajstić information content (AvgIpc) is 2.66. The third kappa shape index (κ3) is 5.18. The molecule has 1 amide bonds. The Morgan fingerprint density at radius 3 is 2.50 bits per heavy atom. The molecule has 0 aliphatic heterocycles. The van der Waals surface area contributed by atoms with E-state index in [1.807, 2.05) is 6.92 Å². The number of rotatable bonds is 7. The summed E-state index contributed by atoms with van der Waals surface area (Å²) in [5.74, 6) is -0.216. The van der Waals surface area contributed by atoms with Crippen LogP contribution in [0.15, 0.2) is 42.7 Å². The van der Waals surface area contributed by atoms with Gasteiger partial charge in [0.15, 0.2) is 0 Å². The fourth-order valence-electron chi connectivity index (χ4n) is 2.57. The van der Waals surface area contributed by atoms with Crippen LogP contribution in [-0.4, -0.2) is 34.3 Å². The molecule has 150 valence electrons. The van der Waals surface area contributed by atoms with Gasteiger partial charge >= 0.3 is 6.18 Å². The lowest BCUT2D eigenvalue weighted by molar-refractivity contribution is -0.384. The number of nitrogens with one attached hydrogen (secondary N) is 1. The van der Waals surface area contributed by atoms with Crippen molar-refractivity contribution in [3.8, 4) is 0 Å². The molecule has 0 radical (unpaired) electrons. The first kappa shape index (κ1) is 21.1. The first-order valence-corrected chi connectivity index (χ1v) is 8.36. The third-order valence-corrected chi connectivity index (χ3v) is 4.34. The number of nitro benzene ring substituents is 1. The number of hydrogen-bond donors (Lipinski definition) is 1. The number of carbonyl (C=O) groups is 1. The summed E-state index contributed by atoms with van der Waals surface area (Å²) in [7, 11) is 1.63. The summed E-state index contributed by atoms with van der Waals surface area (Å²) in [6.07, 6.45) is -1.42. The second-order valence-electron chi connectivity index (χ2n) is 6.12. The summed E-state index contributed by atoms with van der Waals surface area (Å²) in [6.45, 7) is 1.89. The first-order valence-electron chi connectivity index (χ1n) is 8.36. The van der Waals surface area contributed by atoms with E-state index in [0.29, 0.717) is 6.07 Å². The standard InChI is InChI=1S/C18H19F3N4O3/c1-12(13-5-8-22-9-6-13)24(2)17(26)7-10-23-15-4-3-14(18(19,20)21)11-16(15)25(27)28/h3-6,8-9,11-12,23H,7,10H2,1-2H3. The molecule has 0 saturated carbocycles. The second kappa shape index (κ2) is 8.68. The molecule has 0 saturated heterocycles. The molecule has 1 aromatic carbocycles. The molecule has 1 aromatic heterocycles. The van der Waals surface area contributed by atoms with Crippen molar-refractivity contribution in [3.63, 3.8) is 0 Å². The van der Waals surface area contributed by atoms with Gasteiger partial charge in [0.2, 0.25) is 5.91 Å². The highest BCUT2D eigenvalue weighted by molar-refractivity contribution is 5.77. The fourth-order valence-corrected chi connectivity index (χ4v) is 2.57. The molecular formula is C18H19F3N4O3. The van der Waals surface area contributed by atoms with Gasteiger partial charge in [0, 0.05) is 38.5 Å². The maximum Gasteiger partial charge on any atom is 0.416 e. The van der Waals surface area contributed by atoms with E-state index in [4.69, 9.17) is 0 Å². The van der Waals surface area contributed by atoms with Crippen LogP contribution < -0.4 is 5.32 Å². The monoisotopic (exact) mass is 396 g/mol. The number of nitrogens with zero attached hydrogens (tertiary/aromatic N) is 3. The van der Waals surface area contributed by atoms with Gasteiger partial charge in [-0.15, -0.1) is 0 Å². The number of pyridine rings is 1. The van der Waals surface area contributed by atoms with E-state index in [-0.39, 0.29) is 30.6 Å². The van der Waals surface area contributed by atoms with Crippen LogP contribution in [0.1, 0.15) is 30.5 Å². The van der Waals surface area contributed by atoms with E-state index < -0.39 is 22.4 Å². The van der Waals surface area contributed by atoms with Crippen LogP contribution in [0, 0.1) is 10.1 Å². The normalized spacial score (nSPS) is 12.3. The predicted octanol–water partition coefficient (Wildman–Crippen LogP) is 4.03. The van der Waals surface area contributed by atoms with Gasteiger partial charge in [-0.25, -0.2) is 0 Å². The van der Waals surface area contributed by atoms with Crippen molar-refractivity contribution < 1.29 is 22.9 Å². The van der Waals surface area contributed by atoms with Gasteiger partial charge in [0.05, 0.1) is 16.5 Å². The first-order chi connectivity index (χ1) is 13.1. The van der Waals surface area contributed by atoms with Crippen LogP contribution in [0.5, 0.6) is 0 Å². The number of carbonyl (C=O) groups excluding carboxylic acids is 1. The molecule has 0 aliphatic rings. The molecule has 1 heterocycles. The Morgan fingerprint density at radius 2 is 1.93 bits per heavy atom. The number of alkyl halides is 3. The number of aromatic nitrogens is 1. The largest absolute Gasteiger partial charge is 0.416 e. The Morgan fingerprint density at radius 1 is 1.29 bits per heavy atom. The molecule has 1 N–H and O–H groups in total. The quantitative estimate of drug-likeness (QED) is 0.564. The van der Waals surface area contributed by atoms with Crippen molar-refractivity contribution in [1.82, 2.24) is 9.88 Å². The number of halogens is 3. The highest BCUT2D eigenvalue weighted by Gasteiger charge is 2.33. The predicted molar refractivity (Wildman–Crippen MR) is 96.6 cm³/mol. The Balaban J connectivity index is 2.00. The van der Waals surface area contributed by atoms with Crippen LogP contribution >= 0.6 is 0 Å². The van der Waals surface area contributed by atoms with Crippen LogP contribution in [0.3, 0.4) is 0 Å². The van der Waals surface area contributed by atoms with Crippen LogP contribution in [0.4, 0.5) is 24.5 Å². The van der Waals surface area contributed by atoms with Gasteiger partial charge in [0.1, 0.15) is 5.69 Å². The van der Waals surface area contributed by atoms with Gasteiger partial charge in [-0.2, -0.15) is 13.2 Å². The van der Waals surface area contributed by atoms with Gasteiger partial charge in [-0.3, -0.25) is 19.9 Å². The smallest absolute Gasteiger partial charge is 0.379 e. The molecule has 0 spiro atoms. The summed E-state index contributed by atoms with van der Waals surface area (Å²) in [5, 5.41) is 13.7. The van der Waals surface area contributed by atoms with Gasteiger partial charge in [-0.1, -0.05) is 0 Å². The summed E-state index contributed by atoms with van der Waals surface area (Å²) in [6, 6.07) is 5.61. The van der Waals surface area contributed by atoms with Crippen LogP contribution in [0.2, 0.25) is 0 Å². The maximum atomic E-state index is 12.7. The van der Waals surface area contributed by atoms with E-state index in [2.05, 4.69) is 10.3 Å². The molecule has 28 heavy (non-hydrogen) atoms. The topological polar surface area (TPSA) is 88.4 Å². The van der Waals surface area contributed by atoms with E-state index in [9.17, 15) is 28.1 Å². The minimum Gasteiger partial charge on any atom is -0.379 e. The van der Waals surface area contributed by atoms with E-state index in [1.54, 1.807) is 31.6 Å². The zero-order chi connectivity index (χ0) is 20.9. The summed E-state index contributed by atoms with van der Waals surface area (Å²) < 4.78 is 38.2. The molecule has 2 aromatic rings. The Kier molecular flexibility index (Phi) is 6.55. The van der Waals surface area contributed by atoms with Crippen molar-refractivity contribution >= 4 is 17.3 Å². The van der Waals surface area contributed by atoms with Crippen molar-refractivity contribution in [2.45, 2.75) is 25.6 Å². The van der Waals surface area contributed by atoms with Crippen LogP contribution in [-0.2, 0) is 11.0 Å². The lowest BCUT2D eigenvalue weighted by Crippen LogP contribution is -2.30. The van der Waals surface area contributed by atoms with Gasteiger partial charge < -0.3 is 10.2 Å². The number of anilines is 1. The minimum atomic E-state index is -4.68. The highest BCUT2D eigenvalue weighted by atomic mass is 19.4. The van der Waals surface area contributed by atoms with E-state index in [0.717, 1.165) is 17.7 Å². The highest BCUT2D eigenvalue weighted by Crippen LogP contribution is 2.34. The fraction of sp³-hybridized carbons (Fsp3) is 0.333. The summed E-state index contributed by atoms with van der Waals surface area (Å²) >= 11 is 0. The lowest BCUT2D eigenvalue weighted by Gasteiger charge is -2.25. The molecule has 7 nitrogen and oxygen atoms in total. The maximum absolute atomic E-state index is 12.7. The molecular weight excluding hydrogens is 377 g/mol. The zero-order valence-electron chi connectivity index (χ0n) is 15.2. The molecule has 2 rings (SSSR count). The van der Waals surface area contributed by atoms with Gasteiger partial charge in [-0.05, 0) is 36.8 Å². The molecule has 1 atom stereocenters. The van der Waals surface area contributed by atoms with E-state index in [1.165, 1.54) is 4.90 Å². The number of benzene rings is 1. The van der Waals surface area contributed by atoms with Crippen molar-refractivity contribution in [3.05, 3.63) is 64.0 Å². The number of amides is 1. The Bertz CT molecular complexity index is 844. The lowest BCUT2D eigenvalue weighted by atomic mass is 10.1. The third-order valence-electron chi connectivity index (χ3n) is 4.34. The summed E-state index contributed by atoms with van der Waals surface area (Å²) in [5.41, 5.74) is -0.972. The second-order valence-corrected chi connectivity index (χ2v) is 6.12. The Labute approximate surface area is 159 Å². The molecule has 0 aliphatic carbocycles. The number of nitro groups is 1. The van der Waals surface area contributed by atoms with Crippen molar-refractivity contribution in [1.29, 1.82) is 0 Å². The zero-order valence-corrected chi connectivity index (χ0v) is 15.2. The van der Waals surface area contributed by atoms with Gasteiger partial charge in [0.25, 0.3) is 5.69 Å². The SMILES string of the molecule is CC(c1ccncc1)N(C)C(=O)CCNc1ccc(C(F)(F)F)cc1[N+](=O)[O-]. The molecule has 0 fully saturated rings. The molecule has 0 bridgehead atoms. The van der Waals surface area contributed by atoms with Crippen molar-refractivity contribution in [2.24, 2.45) is 0 Å². The molecule has 10 heteroatoms. The average molecular weight is 396 g/mol. The molecule has 1 unspecified atom stereocenters. The van der Waals surface area contributed by atoms with Crippen LogP contribution in [0.25, 0.3) is 0 Å². The summed E-state index contributed by atoms with van der Waals surface area (Å²) in [4.78, 5) is 28.0. The van der Waals surface area contributed by atoms with Crippen molar-refractivity contribution in [2.75, 3.05) is 18.9 Å². The number of hydrogen-bond acceptors (Lipinski definition) is 5.